The van der Waals surface area contributed by atoms with Crippen LogP contribution in [0.5, 0.6) is 0 Å². The summed E-state index contributed by atoms with van der Waals surface area (Å²) < 4.78 is 5.49. The fourth-order valence-electron chi connectivity index (χ4n) is 3.77. The van der Waals surface area contributed by atoms with E-state index in [2.05, 4.69) is 38.8 Å². The summed E-state index contributed by atoms with van der Waals surface area (Å²) in [6.07, 6.45) is 2.43. The summed E-state index contributed by atoms with van der Waals surface area (Å²) in [5, 5.41) is 7.35. The fourth-order valence-corrected chi connectivity index (χ4v) is 3.77. The molecule has 22 heavy (non-hydrogen) atoms. The standard InChI is InChI=1S/C16H29N5O/c1-13-17-15(19-18-13)14-5-4-6-20(11-14)12-16(2,3)21-7-9-22-10-8-21/h14H,4-12H2,1-3H3,(H,17,18,19)/t14-/m0/s1. The van der Waals surface area contributed by atoms with Gasteiger partial charge in [0.2, 0.25) is 0 Å². The molecular formula is C16H29N5O. The van der Waals surface area contributed by atoms with Gasteiger partial charge in [-0.25, -0.2) is 4.98 Å². The van der Waals surface area contributed by atoms with Gasteiger partial charge in [0.05, 0.1) is 13.2 Å². The van der Waals surface area contributed by atoms with Crippen molar-refractivity contribution in [3.63, 3.8) is 0 Å². The molecule has 0 radical (unpaired) electrons. The van der Waals surface area contributed by atoms with Gasteiger partial charge in [-0.2, -0.15) is 5.10 Å². The van der Waals surface area contributed by atoms with Crippen molar-refractivity contribution in [2.75, 3.05) is 45.9 Å². The van der Waals surface area contributed by atoms with Crippen LogP contribution in [0.3, 0.4) is 0 Å². The molecule has 0 saturated carbocycles. The second-order valence-electron chi connectivity index (χ2n) is 7.27. The fraction of sp³-hybridized carbons (Fsp3) is 0.875. The van der Waals surface area contributed by atoms with Crippen LogP contribution in [0.15, 0.2) is 0 Å². The van der Waals surface area contributed by atoms with Crippen LogP contribution in [0.4, 0.5) is 0 Å². The molecule has 0 aliphatic carbocycles. The molecule has 2 saturated heterocycles. The summed E-state index contributed by atoms with van der Waals surface area (Å²) in [6.45, 7) is 13.9. The lowest BCUT2D eigenvalue weighted by molar-refractivity contribution is -0.0242. The molecule has 2 aliphatic rings. The number of aromatic amines is 1. The Labute approximate surface area is 133 Å². The second-order valence-corrected chi connectivity index (χ2v) is 7.27. The van der Waals surface area contributed by atoms with Crippen LogP contribution in [0.2, 0.25) is 0 Å². The first-order valence-electron chi connectivity index (χ1n) is 8.49. The summed E-state index contributed by atoms with van der Waals surface area (Å²) in [7, 11) is 0. The molecule has 2 aliphatic heterocycles. The Hall–Kier alpha value is -0.980. The topological polar surface area (TPSA) is 57.3 Å². The van der Waals surface area contributed by atoms with Gasteiger partial charge in [0.15, 0.2) is 5.82 Å². The first-order valence-corrected chi connectivity index (χ1v) is 8.49. The Morgan fingerprint density at radius 1 is 1.27 bits per heavy atom. The van der Waals surface area contributed by atoms with Gasteiger partial charge in [0.1, 0.15) is 5.82 Å². The highest BCUT2D eigenvalue weighted by Gasteiger charge is 2.33. The maximum absolute atomic E-state index is 5.49. The Balaban J connectivity index is 1.59. The van der Waals surface area contributed by atoms with Crippen molar-refractivity contribution in [3.05, 3.63) is 11.6 Å². The van der Waals surface area contributed by atoms with E-state index >= 15 is 0 Å². The van der Waals surface area contributed by atoms with Crippen LogP contribution >= 0.6 is 0 Å². The molecule has 0 unspecified atom stereocenters. The number of hydrogen-bond donors (Lipinski definition) is 1. The molecule has 6 heteroatoms. The Morgan fingerprint density at radius 2 is 2.05 bits per heavy atom. The third kappa shape index (κ3) is 3.67. The summed E-state index contributed by atoms with van der Waals surface area (Å²) in [6, 6.07) is 0. The molecule has 1 N–H and O–H groups in total. The van der Waals surface area contributed by atoms with E-state index in [0.29, 0.717) is 5.92 Å². The largest absolute Gasteiger partial charge is 0.379 e. The van der Waals surface area contributed by atoms with E-state index in [1.54, 1.807) is 0 Å². The van der Waals surface area contributed by atoms with Crippen molar-refractivity contribution in [3.8, 4) is 0 Å². The third-order valence-electron chi connectivity index (χ3n) is 4.96. The average molecular weight is 307 g/mol. The van der Waals surface area contributed by atoms with Crippen molar-refractivity contribution in [2.45, 2.75) is 45.1 Å². The van der Waals surface area contributed by atoms with E-state index in [9.17, 15) is 0 Å². The molecule has 124 valence electrons. The molecule has 0 spiro atoms. The minimum Gasteiger partial charge on any atom is -0.379 e. The van der Waals surface area contributed by atoms with Crippen molar-refractivity contribution >= 4 is 0 Å². The number of piperidine rings is 1. The van der Waals surface area contributed by atoms with Gasteiger partial charge in [-0.05, 0) is 40.2 Å². The quantitative estimate of drug-likeness (QED) is 0.911. The average Bonchev–Trinajstić information content (AvgIpc) is 2.95. The molecule has 6 nitrogen and oxygen atoms in total. The molecular weight excluding hydrogens is 278 g/mol. The number of aryl methyl sites for hydroxylation is 1. The molecule has 3 rings (SSSR count). The van der Waals surface area contributed by atoms with Crippen LogP contribution < -0.4 is 0 Å². The molecule has 3 heterocycles. The van der Waals surface area contributed by atoms with E-state index in [1.165, 1.54) is 19.4 Å². The third-order valence-corrected chi connectivity index (χ3v) is 4.96. The van der Waals surface area contributed by atoms with Gasteiger partial charge in [-0.1, -0.05) is 0 Å². The number of morpholine rings is 1. The van der Waals surface area contributed by atoms with Gasteiger partial charge < -0.3 is 9.64 Å². The highest BCUT2D eigenvalue weighted by atomic mass is 16.5. The smallest absolute Gasteiger partial charge is 0.155 e. The van der Waals surface area contributed by atoms with Crippen LogP contribution in [-0.2, 0) is 4.74 Å². The number of nitrogens with zero attached hydrogens (tertiary/aromatic N) is 4. The van der Waals surface area contributed by atoms with Crippen molar-refractivity contribution in [1.29, 1.82) is 0 Å². The van der Waals surface area contributed by atoms with Gasteiger partial charge in [0, 0.05) is 37.6 Å². The maximum atomic E-state index is 5.49. The summed E-state index contributed by atoms with van der Waals surface area (Å²) >= 11 is 0. The van der Waals surface area contributed by atoms with Gasteiger partial charge in [-0.15, -0.1) is 0 Å². The van der Waals surface area contributed by atoms with Crippen LogP contribution in [0.1, 0.15) is 44.3 Å². The first kappa shape index (κ1) is 15.9. The van der Waals surface area contributed by atoms with Crippen molar-refractivity contribution < 1.29 is 4.74 Å². The highest BCUT2D eigenvalue weighted by molar-refractivity contribution is 5.00. The van der Waals surface area contributed by atoms with Gasteiger partial charge >= 0.3 is 0 Å². The number of aromatic nitrogens is 3. The van der Waals surface area contributed by atoms with Crippen molar-refractivity contribution in [1.82, 2.24) is 25.0 Å². The lowest BCUT2D eigenvalue weighted by atomic mass is 9.94. The lowest BCUT2D eigenvalue weighted by Gasteiger charge is -2.45. The zero-order chi connectivity index (χ0) is 15.6. The first-order chi connectivity index (χ1) is 10.5. The molecule has 0 amide bonds. The maximum Gasteiger partial charge on any atom is 0.155 e. The lowest BCUT2D eigenvalue weighted by Crippen LogP contribution is -2.56. The Kier molecular flexibility index (Phi) is 4.80. The molecule has 0 aromatic carbocycles. The molecule has 1 aromatic heterocycles. The number of hydrogen-bond acceptors (Lipinski definition) is 5. The monoisotopic (exact) mass is 307 g/mol. The van der Waals surface area contributed by atoms with E-state index in [1.807, 2.05) is 6.92 Å². The zero-order valence-electron chi connectivity index (χ0n) is 14.1. The van der Waals surface area contributed by atoms with E-state index in [0.717, 1.165) is 51.0 Å². The predicted molar refractivity (Wildman–Crippen MR) is 86.0 cm³/mol. The van der Waals surface area contributed by atoms with Gasteiger partial charge in [0.25, 0.3) is 0 Å². The number of ether oxygens (including phenoxy) is 1. The molecule has 2 fully saturated rings. The number of nitrogens with one attached hydrogen (secondary N) is 1. The number of H-pyrrole nitrogens is 1. The Bertz CT molecular complexity index is 481. The zero-order valence-corrected chi connectivity index (χ0v) is 14.1. The highest BCUT2D eigenvalue weighted by Crippen LogP contribution is 2.27. The van der Waals surface area contributed by atoms with Crippen LogP contribution in [0, 0.1) is 6.92 Å². The molecule has 1 atom stereocenters. The summed E-state index contributed by atoms with van der Waals surface area (Å²) in [5.74, 6) is 2.38. The van der Waals surface area contributed by atoms with E-state index < -0.39 is 0 Å². The van der Waals surface area contributed by atoms with E-state index in [4.69, 9.17) is 4.74 Å². The Morgan fingerprint density at radius 3 is 2.73 bits per heavy atom. The number of likely N-dealkylation sites (tertiary alicyclic amines) is 1. The van der Waals surface area contributed by atoms with Crippen molar-refractivity contribution in [2.24, 2.45) is 0 Å². The van der Waals surface area contributed by atoms with Gasteiger partial charge in [-0.3, -0.25) is 10.00 Å². The minimum atomic E-state index is 0.195. The molecule has 1 aromatic rings. The normalized spacial score (nSPS) is 25.5. The van der Waals surface area contributed by atoms with E-state index in [-0.39, 0.29) is 5.54 Å². The predicted octanol–water partition coefficient (Wildman–Crippen LogP) is 1.40. The number of rotatable bonds is 4. The molecule has 0 bridgehead atoms. The second kappa shape index (κ2) is 6.64. The van der Waals surface area contributed by atoms with Crippen LogP contribution in [0.25, 0.3) is 0 Å². The van der Waals surface area contributed by atoms with Crippen LogP contribution in [-0.4, -0.2) is 76.5 Å². The SMILES string of the molecule is Cc1nc([C@H]2CCCN(CC(C)(C)N3CCOCC3)C2)n[nH]1. The summed E-state index contributed by atoms with van der Waals surface area (Å²) in [5.41, 5.74) is 0.195. The minimum absolute atomic E-state index is 0.195. The summed E-state index contributed by atoms with van der Waals surface area (Å²) in [4.78, 5) is 9.69.